The Morgan fingerprint density at radius 2 is 1.94 bits per heavy atom. The van der Waals surface area contributed by atoms with Gasteiger partial charge < -0.3 is 14.6 Å². The highest BCUT2D eigenvalue weighted by molar-refractivity contribution is 5.78. The van der Waals surface area contributed by atoms with E-state index >= 15 is 0 Å². The molecule has 4 rings (SSSR count). The minimum absolute atomic E-state index is 0. The van der Waals surface area contributed by atoms with Crippen LogP contribution in [0.5, 0.6) is 0 Å². The molecular weight excluding hydrogens is 419 g/mol. The molecule has 33 heavy (non-hydrogen) atoms. The van der Waals surface area contributed by atoms with Gasteiger partial charge in [-0.05, 0) is 95.4 Å². The lowest BCUT2D eigenvalue weighted by Crippen LogP contribution is -2.41. The maximum atomic E-state index is 13.2. The molecule has 0 unspecified atom stereocenters. The first kappa shape index (κ1) is 23.9. The molecule has 1 aromatic carbocycles. The maximum absolute atomic E-state index is 13.2. The van der Waals surface area contributed by atoms with Gasteiger partial charge in [-0.25, -0.2) is 9.37 Å². The van der Waals surface area contributed by atoms with Gasteiger partial charge in [-0.1, -0.05) is 6.92 Å². The van der Waals surface area contributed by atoms with Gasteiger partial charge in [-0.15, -0.1) is 0 Å². The number of rotatable bonds is 8. The number of benzene rings is 1. The molecule has 2 saturated heterocycles. The first-order valence-corrected chi connectivity index (χ1v) is 12.4. The zero-order chi connectivity index (χ0) is 23.2. The lowest BCUT2D eigenvalue weighted by atomic mass is 9.95. The first-order chi connectivity index (χ1) is 16.0. The van der Waals surface area contributed by atoms with E-state index in [1.807, 2.05) is 6.92 Å². The summed E-state index contributed by atoms with van der Waals surface area (Å²) in [6, 6.07) is 6.19. The number of nitrogens with zero attached hydrogens (tertiary/aromatic N) is 3. The third kappa shape index (κ3) is 6.64. The van der Waals surface area contributed by atoms with E-state index in [0.717, 1.165) is 68.4 Å². The molecule has 1 aromatic heterocycles. The molecule has 0 saturated carbocycles. The van der Waals surface area contributed by atoms with Crippen LogP contribution in [0, 0.1) is 24.6 Å². The number of halogens is 1. The number of hydrogen-bond donors (Lipinski definition) is 1. The number of aromatic nitrogens is 1. The lowest BCUT2D eigenvalue weighted by Gasteiger charge is -2.31. The summed E-state index contributed by atoms with van der Waals surface area (Å²) >= 11 is 0. The van der Waals surface area contributed by atoms with Crippen molar-refractivity contribution in [2.75, 3.05) is 39.3 Å². The number of oxazole rings is 1. The van der Waals surface area contributed by atoms with Gasteiger partial charge >= 0.3 is 0 Å². The van der Waals surface area contributed by atoms with Crippen molar-refractivity contribution in [1.29, 1.82) is 0 Å². The molecule has 2 fully saturated rings. The van der Waals surface area contributed by atoms with Crippen LogP contribution in [0.4, 0.5) is 4.39 Å². The molecule has 3 heterocycles. The molecule has 1 N–H and O–H groups in total. The Morgan fingerprint density at radius 1 is 1.18 bits per heavy atom. The van der Waals surface area contributed by atoms with Crippen LogP contribution < -0.4 is 5.32 Å². The minimum Gasteiger partial charge on any atom is -0.441 e. The molecule has 1 amide bonds. The van der Waals surface area contributed by atoms with Crippen molar-refractivity contribution in [2.24, 2.45) is 11.8 Å². The number of likely N-dealkylation sites (tertiary alicyclic amines) is 2. The van der Waals surface area contributed by atoms with E-state index in [2.05, 4.69) is 27.0 Å². The number of carbonyl (C=O) groups is 1. The fraction of sp³-hybridized carbons (Fsp3) is 0.615. The molecule has 1 atom stereocenters. The molecule has 7 heteroatoms. The predicted molar refractivity (Wildman–Crippen MR) is 129 cm³/mol. The number of carbonyl (C=O) groups excluding carboxylic acids is 1. The summed E-state index contributed by atoms with van der Waals surface area (Å²) in [5.41, 5.74) is 1.68. The third-order valence-corrected chi connectivity index (χ3v) is 7.01. The highest BCUT2D eigenvalue weighted by atomic mass is 19.1. The Kier molecular flexibility index (Phi) is 8.15. The topological polar surface area (TPSA) is 61.6 Å². The van der Waals surface area contributed by atoms with E-state index in [-0.39, 0.29) is 19.1 Å². The highest BCUT2D eigenvalue weighted by Gasteiger charge is 2.26. The van der Waals surface area contributed by atoms with Crippen molar-refractivity contribution in [1.82, 2.24) is 20.1 Å². The quantitative estimate of drug-likeness (QED) is 0.591. The number of amides is 1. The third-order valence-electron chi connectivity index (χ3n) is 7.01. The fourth-order valence-corrected chi connectivity index (χ4v) is 5.00. The zero-order valence-corrected chi connectivity index (χ0v) is 20.0. The van der Waals surface area contributed by atoms with Crippen molar-refractivity contribution in [3.05, 3.63) is 41.5 Å². The van der Waals surface area contributed by atoms with E-state index in [9.17, 15) is 9.18 Å². The second-order valence-electron chi connectivity index (χ2n) is 9.77. The number of nitrogens with one attached hydrogen (secondary N) is 1. The molecule has 2 aliphatic heterocycles. The molecule has 6 nitrogen and oxygen atoms in total. The van der Waals surface area contributed by atoms with Crippen LogP contribution in [0.1, 0.15) is 51.9 Å². The normalized spacial score (nSPS) is 20.8. The van der Waals surface area contributed by atoms with Crippen LogP contribution in [-0.2, 0) is 11.3 Å². The summed E-state index contributed by atoms with van der Waals surface area (Å²) in [5.74, 6) is 2.15. The summed E-state index contributed by atoms with van der Waals surface area (Å²) in [4.78, 5) is 22.1. The maximum Gasteiger partial charge on any atom is 0.226 e. The van der Waals surface area contributed by atoms with E-state index in [4.69, 9.17) is 4.42 Å². The van der Waals surface area contributed by atoms with Gasteiger partial charge in [-0.3, -0.25) is 9.69 Å². The van der Waals surface area contributed by atoms with Crippen LogP contribution in [0.2, 0.25) is 0 Å². The van der Waals surface area contributed by atoms with Crippen LogP contribution in [0.15, 0.2) is 28.7 Å². The second kappa shape index (κ2) is 11.3. The molecule has 0 radical (unpaired) electrons. The van der Waals surface area contributed by atoms with Crippen molar-refractivity contribution < 1.29 is 15.0 Å². The largest absolute Gasteiger partial charge is 0.441 e. The van der Waals surface area contributed by atoms with Crippen molar-refractivity contribution in [2.45, 2.75) is 52.5 Å². The van der Waals surface area contributed by atoms with Crippen LogP contribution in [0.3, 0.4) is 0 Å². The van der Waals surface area contributed by atoms with Gasteiger partial charge in [0.15, 0.2) is 0 Å². The summed E-state index contributed by atoms with van der Waals surface area (Å²) in [6.07, 6.45) is 5.42. The van der Waals surface area contributed by atoms with Crippen molar-refractivity contribution in [3.8, 4) is 11.5 Å². The average molecular weight is 459 g/mol. The molecule has 0 aliphatic carbocycles. The Hall–Kier alpha value is -2.25. The van der Waals surface area contributed by atoms with E-state index in [1.54, 1.807) is 12.1 Å². The number of aryl methyl sites for hydroxylation is 1. The van der Waals surface area contributed by atoms with Gasteiger partial charge in [0.2, 0.25) is 11.8 Å². The molecule has 2 aromatic rings. The number of hydrogen-bond acceptors (Lipinski definition) is 5. The Morgan fingerprint density at radius 3 is 2.67 bits per heavy atom. The summed E-state index contributed by atoms with van der Waals surface area (Å²) in [6.45, 7) is 11.0. The van der Waals surface area contributed by atoms with Crippen LogP contribution in [0.25, 0.3) is 11.5 Å². The minimum atomic E-state index is -0.272. The standard InChI is InChI=1S/C26H37FN4O2.H2/c1-19-5-3-13-30(17-19)14-4-12-28-25(32)21-10-15-31(16-11-21)18-24-20(2)33-26(29-24)22-6-8-23(27)9-7-22;/h6-9,19,21H,3-5,10-18H2,1-2H3,(H,28,32);1H/t19-;/m0./s1. The van der Waals surface area contributed by atoms with E-state index in [1.165, 1.54) is 38.1 Å². The molecule has 182 valence electrons. The highest BCUT2D eigenvalue weighted by Crippen LogP contribution is 2.25. The van der Waals surface area contributed by atoms with Crippen LogP contribution >= 0.6 is 0 Å². The second-order valence-corrected chi connectivity index (χ2v) is 9.77. The summed E-state index contributed by atoms with van der Waals surface area (Å²) < 4.78 is 19.0. The molecular formula is C26H39FN4O2. The zero-order valence-electron chi connectivity index (χ0n) is 20.0. The number of piperidine rings is 2. The molecule has 0 bridgehead atoms. The van der Waals surface area contributed by atoms with Gasteiger partial charge in [-0.2, -0.15) is 0 Å². The predicted octanol–water partition coefficient (Wildman–Crippen LogP) is 4.49. The van der Waals surface area contributed by atoms with Crippen molar-refractivity contribution >= 4 is 5.91 Å². The smallest absolute Gasteiger partial charge is 0.226 e. The average Bonchev–Trinajstić information content (AvgIpc) is 3.17. The van der Waals surface area contributed by atoms with Crippen LogP contribution in [-0.4, -0.2) is 60.0 Å². The summed E-state index contributed by atoms with van der Waals surface area (Å²) in [5, 5.41) is 3.16. The van der Waals surface area contributed by atoms with Gasteiger partial charge in [0.05, 0.1) is 5.69 Å². The van der Waals surface area contributed by atoms with Gasteiger partial charge in [0, 0.05) is 32.5 Å². The fourth-order valence-electron chi connectivity index (χ4n) is 5.00. The SMILES string of the molecule is Cc1oc(-c2ccc(F)cc2)nc1CN1CCC(C(=O)NCCCN2CCC[C@H](C)C2)CC1.[HH]. The Bertz CT molecular complexity index is 912. The van der Waals surface area contributed by atoms with Gasteiger partial charge in [0.1, 0.15) is 11.6 Å². The lowest BCUT2D eigenvalue weighted by molar-refractivity contribution is -0.126. The Balaban J connectivity index is 0.00000324. The summed E-state index contributed by atoms with van der Waals surface area (Å²) in [7, 11) is 0. The van der Waals surface area contributed by atoms with E-state index in [0.29, 0.717) is 12.4 Å². The first-order valence-electron chi connectivity index (χ1n) is 12.4. The molecule has 2 aliphatic rings. The van der Waals surface area contributed by atoms with Gasteiger partial charge in [0.25, 0.3) is 0 Å². The Labute approximate surface area is 198 Å². The van der Waals surface area contributed by atoms with E-state index < -0.39 is 0 Å². The monoisotopic (exact) mass is 458 g/mol. The molecule has 0 spiro atoms. The van der Waals surface area contributed by atoms with Crippen molar-refractivity contribution in [3.63, 3.8) is 0 Å².